The molecule has 6 rings (SSSR count). The lowest BCUT2D eigenvalue weighted by atomic mass is 9.47. The summed E-state index contributed by atoms with van der Waals surface area (Å²) in [6.45, 7) is 4.44. The number of amides is 2. The molecule has 3 N–H and O–H groups in total. The van der Waals surface area contributed by atoms with E-state index in [0.717, 1.165) is 37.7 Å². The van der Waals surface area contributed by atoms with Gasteiger partial charge in [0.05, 0.1) is 12.2 Å². The Morgan fingerprint density at radius 1 is 1.12 bits per heavy atom. The summed E-state index contributed by atoms with van der Waals surface area (Å²) < 4.78 is 29.6. The van der Waals surface area contributed by atoms with Crippen molar-refractivity contribution in [3.63, 3.8) is 0 Å². The van der Waals surface area contributed by atoms with E-state index in [1.807, 2.05) is 38.1 Å². The Kier molecular flexibility index (Phi) is 5.47. The SMILES string of the molecule is Cc1ccccc1N1CC(C)CN(CC(=O)NC2C3CC4CC2CC(C(N)=O)(C4)C3)S1(=O)=O. The fraction of sp³-hybridized carbons (Fsp3) is 0.667. The Labute approximate surface area is 196 Å². The molecular formula is C24H34N4O4S. The van der Waals surface area contributed by atoms with Crippen LogP contribution in [0.1, 0.15) is 44.6 Å². The second-order valence-electron chi connectivity index (χ2n) is 10.9. The summed E-state index contributed by atoms with van der Waals surface area (Å²) >= 11 is 0. The van der Waals surface area contributed by atoms with Crippen LogP contribution in [0, 0.1) is 36.0 Å². The van der Waals surface area contributed by atoms with E-state index in [4.69, 9.17) is 5.73 Å². The Morgan fingerprint density at radius 3 is 2.42 bits per heavy atom. The quantitative estimate of drug-likeness (QED) is 0.677. The minimum atomic E-state index is -3.81. The molecular weight excluding hydrogens is 440 g/mol. The number of rotatable bonds is 5. The minimum Gasteiger partial charge on any atom is -0.369 e. The van der Waals surface area contributed by atoms with Gasteiger partial charge in [-0.15, -0.1) is 0 Å². The van der Waals surface area contributed by atoms with Crippen molar-refractivity contribution in [2.24, 2.45) is 34.8 Å². The first-order valence-electron chi connectivity index (χ1n) is 12.0. The van der Waals surface area contributed by atoms with Crippen molar-refractivity contribution in [2.45, 2.75) is 52.0 Å². The van der Waals surface area contributed by atoms with Crippen LogP contribution in [0.4, 0.5) is 5.69 Å². The number of aryl methyl sites for hydroxylation is 1. The van der Waals surface area contributed by atoms with Gasteiger partial charge in [0.2, 0.25) is 11.8 Å². The summed E-state index contributed by atoms with van der Waals surface area (Å²) in [6.07, 6.45) is 4.38. The lowest BCUT2D eigenvalue weighted by Crippen LogP contribution is -2.63. The van der Waals surface area contributed by atoms with E-state index < -0.39 is 15.6 Å². The predicted molar refractivity (Wildman–Crippen MR) is 125 cm³/mol. The summed E-state index contributed by atoms with van der Waals surface area (Å²) in [5.41, 5.74) is 6.91. The van der Waals surface area contributed by atoms with Crippen LogP contribution in [0.25, 0.3) is 0 Å². The monoisotopic (exact) mass is 474 g/mol. The third-order valence-corrected chi connectivity index (χ3v) is 10.3. The number of benzene rings is 1. The fourth-order valence-corrected chi connectivity index (χ4v) is 9.08. The third kappa shape index (κ3) is 3.83. The van der Waals surface area contributed by atoms with Crippen LogP contribution in [0.15, 0.2) is 24.3 Å². The highest BCUT2D eigenvalue weighted by Crippen LogP contribution is 2.59. The van der Waals surface area contributed by atoms with Gasteiger partial charge in [-0.3, -0.25) is 13.9 Å². The summed E-state index contributed by atoms with van der Waals surface area (Å²) in [7, 11) is -3.81. The standard InChI is InChI=1S/C24H34N4O4S/c1-15-12-27(33(31,32)28(13-15)20-6-4-3-5-16(20)2)14-21(29)26-22-18-7-17-8-19(22)11-24(9-17,10-18)23(25)30/h3-6,15,17-19,22H,7-14H2,1-2H3,(H2,25,30)(H,26,29). The number of hydrogen-bond acceptors (Lipinski definition) is 4. The zero-order chi connectivity index (χ0) is 23.5. The average molecular weight is 475 g/mol. The maximum absolute atomic E-state index is 13.4. The number of hydrogen-bond donors (Lipinski definition) is 2. The van der Waals surface area contributed by atoms with Gasteiger partial charge >= 0.3 is 10.2 Å². The lowest BCUT2D eigenvalue weighted by Gasteiger charge is -2.58. The van der Waals surface area contributed by atoms with Crippen molar-refractivity contribution >= 4 is 27.7 Å². The van der Waals surface area contributed by atoms with Gasteiger partial charge in [0.15, 0.2) is 0 Å². The van der Waals surface area contributed by atoms with Gasteiger partial charge in [0.1, 0.15) is 0 Å². The smallest absolute Gasteiger partial charge is 0.304 e. The number of carbonyl (C=O) groups excluding carboxylic acids is 2. The minimum absolute atomic E-state index is 0.00101. The maximum Gasteiger partial charge on any atom is 0.304 e. The van der Waals surface area contributed by atoms with Gasteiger partial charge in [0, 0.05) is 24.5 Å². The van der Waals surface area contributed by atoms with Gasteiger partial charge in [-0.25, -0.2) is 0 Å². The second kappa shape index (κ2) is 7.98. The van der Waals surface area contributed by atoms with Crippen molar-refractivity contribution in [1.82, 2.24) is 9.62 Å². The van der Waals surface area contributed by atoms with Gasteiger partial charge in [0.25, 0.3) is 0 Å². The van der Waals surface area contributed by atoms with Crippen LogP contribution in [0.5, 0.6) is 0 Å². The number of nitrogens with zero attached hydrogens (tertiary/aromatic N) is 2. The summed E-state index contributed by atoms with van der Waals surface area (Å²) in [4.78, 5) is 25.3. The van der Waals surface area contributed by atoms with Gasteiger partial charge in [-0.1, -0.05) is 25.1 Å². The topological polar surface area (TPSA) is 113 Å². The van der Waals surface area contributed by atoms with Crippen LogP contribution in [0.3, 0.4) is 0 Å². The van der Waals surface area contributed by atoms with E-state index in [9.17, 15) is 18.0 Å². The van der Waals surface area contributed by atoms with E-state index in [1.165, 1.54) is 8.61 Å². The van der Waals surface area contributed by atoms with E-state index >= 15 is 0 Å². The number of nitrogens with one attached hydrogen (secondary N) is 1. The van der Waals surface area contributed by atoms with Gasteiger partial charge in [-0.05, 0) is 74.3 Å². The highest BCUT2D eigenvalue weighted by molar-refractivity contribution is 7.90. The number of anilines is 1. The molecule has 8 nitrogen and oxygen atoms in total. The van der Waals surface area contributed by atoms with E-state index in [1.54, 1.807) is 0 Å². The molecule has 180 valence electrons. The van der Waals surface area contributed by atoms with Crippen molar-refractivity contribution in [2.75, 3.05) is 23.9 Å². The number of primary amides is 1. The molecule has 3 unspecified atom stereocenters. The Morgan fingerprint density at radius 2 is 1.79 bits per heavy atom. The number of carbonyl (C=O) groups is 2. The van der Waals surface area contributed by atoms with E-state index in [2.05, 4.69) is 5.32 Å². The lowest BCUT2D eigenvalue weighted by molar-refractivity contribution is -0.147. The zero-order valence-electron chi connectivity index (χ0n) is 19.4. The van der Waals surface area contributed by atoms with Crippen molar-refractivity contribution in [3.8, 4) is 0 Å². The molecule has 5 aliphatic rings. The molecule has 1 saturated heterocycles. The molecule has 0 spiro atoms. The van der Waals surface area contributed by atoms with Gasteiger partial charge < -0.3 is 11.1 Å². The molecule has 1 aromatic rings. The molecule has 3 atom stereocenters. The molecule has 0 aromatic heterocycles. The first-order chi connectivity index (χ1) is 15.6. The molecule has 33 heavy (non-hydrogen) atoms. The van der Waals surface area contributed by atoms with Crippen molar-refractivity contribution < 1.29 is 18.0 Å². The van der Waals surface area contributed by atoms with Crippen molar-refractivity contribution in [1.29, 1.82) is 0 Å². The van der Waals surface area contributed by atoms with Crippen LogP contribution in [-0.2, 0) is 19.8 Å². The van der Waals surface area contributed by atoms with Crippen LogP contribution >= 0.6 is 0 Å². The molecule has 0 radical (unpaired) electrons. The summed E-state index contributed by atoms with van der Waals surface area (Å²) in [6, 6.07) is 7.43. The molecule has 1 aliphatic heterocycles. The Bertz CT molecular complexity index is 1060. The van der Waals surface area contributed by atoms with Crippen LogP contribution in [0.2, 0.25) is 0 Å². The molecule has 5 fully saturated rings. The molecule has 4 aliphatic carbocycles. The maximum atomic E-state index is 13.4. The second-order valence-corrected chi connectivity index (χ2v) is 12.8. The van der Waals surface area contributed by atoms with E-state index in [0.29, 0.717) is 24.7 Å². The highest BCUT2D eigenvalue weighted by atomic mass is 32.2. The number of para-hydroxylation sites is 1. The Hall–Kier alpha value is -2.13. The van der Waals surface area contributed by atoms with Crippen molar-refractivity contribution in [3.05, 3.63) is 29.8 Å². The third-order valence-electron chi connectivity index (χ3n) is 8.43. The zero-order valence-corrected chi connectivity index (χ0v) is 20.2. The van der Waals surface area contributed by atoms with E-state index in [-0.39, 0.29) is 42.2 Å². The average Bonchev–Trinajstić information content (AvgIpc) is 2.73. The molecule has 1 aromatic carbocycles. The molecule has 4 bridgehead atoms. The van der Waals surface area contributed by atoms with Crippen LogP contribution in [-0.4, -0.2) is 50.2 Å². The van der Waals surface area contributed by atoms with Crippen LogP contribution < -0.4 is 15.4 Å². The first-order valence-corrected chi connectivity index (χ1v) is 13.4. The summed E-state index contributed by atoms with van der Waals surface area (Å²) in [5, 5.41) is 3.17. The predicted octanol–water partition coefficient (Wildman–Crippen LogP) is 1.79. The largest absolute Gasteiger partial charge is 0.369 e. The molecule has 9 heteroatoms. The highest BCUT2D eigenvalue weighted by Gasteiger charge is 2.58. The molecule has 4 saturated carbocycles. The molecule has 2 amide bonds. The first kappa shape index (κ1) is 22.7. The Balaban J connectivity index is 1.30. The normalized spacial score (nSPS) is 37.2. The van der Waals surface area contributed by atoms with Gasteiger partial charge in [-0.2, -0.15) is 12.7 Å². The number of nitrogens with two attached hydrogens (primary N) is 1. The molecule has 1 heterocycles. The fourth-order valence-electron chi connectivity index (χ4n) is 7.18. The summed E-state index contributed by atoms with van der Waals surface area (Å²) in [5.74, 6) is 0.632.